The molecule has 2 nitrogen and oxygen atoms in total. The highest BCUT2D eigenvalue weighted by molar-refractivity contribution is 5.31. The molecule has 0 aliphatic heterocycles. The first-order chi connectivity index (χ1) is 6.67. The number of allylic oxidation sites excluding steroid dienone is 4. The van der Waals surface area contributed by atoms with Crippen molar-refractivity contribution >= 4 is 0 Å². The topological polar surface area (TPSA) is 49.8 Å². The number of nitrogens with two attached hydrogens (primary N) is 1. The minimum Gasteiger partial charge on any atom is -0.405 e. The van der Waals surface area contributed by atoms with Crippen LogP contribution in [-0.4, -0.2) is 0 Å². The van der Waals surface area contributed by atoms with Gasteiger partial charge in [-0.3, -0.25) is 0 Å². The molecule has 0 atom stereocenters. The Kier molecular flexibility index (Phi) is 29.5. The van der Waals surface area contributed by atoms with Gasteiger partial charge in [-0.05, 0) is 26.1 Å². The van der Waals surface area contributed by atoms with Gasteiger partial charge in [0.15, 0.2) is 0 Å². The molecule has 0 bridgehead atoms. The molecule has 0 saturated carbocycles. The van der Waals surface area contributed by atoms with Gasteiger partial charge in [-0.1, -0.05) is 39.0 Å². The fourth-order valence-electron chi connectivity index (χ4n) is 0.378. The molecule has 0 heterocycles. The number of nitriles is 1. The van der Waals surface area contributed by atoms with E-state index < -0.39 is 0 Å². The first-order valence-corrected chi connectivity index (χ1v) is 4.69. The summed E-state index contributed by atoms with van der Waals surface area (Å²) in [6.45, 7) is 11.1. The zero-order valence-corrected chi connectivity index (χ0v) is 9.75. The molecule has 0 saturated heterocycles. The van der Waals surface area contributed by atoms with E-state index in [4.69, 9.17) is 5.26 Å². The zero-order chi connectivity index (χ0) is 11.8. The van der Waals surface area contributed by atoms with Gasteiger partial charge in [0.05, 0.1) is 6.07 Å². The Morgan fingerprint density at radius 2 is 1.79 bits per heavy atom. The fraction of sp³-hybridized carbons (Fsp3) is 0.417. The lowest BCUT2D eigenvalue weighted by Crippen LogP contribution is -1.67. The van der Waals surface area contributed by atoms with E-state index in [0.29, 0.717) is 5.57 Å². The van der Waals surface area contributed by atoms with Gasteiger partial charge in [-0.2, -0.15) is 5.26 Å². The van der Waals surface area contributed by atoms with Gasteiger partial charge in [0, 0.05) is 5.57 Å². The van der Waals surface area contributed by atoms with Crippen molar-refractivity contribution in [3.05, 3.63) is 36.6 Å². The van der Waals surface area contributed by atoms with Crippen LogP contribution < -0.4 is 5.73 Å². The molecule has 80 valence electrons. The van der Waals surface area contributed by atoms with Gasteiger partial charge in [-0.15, -0.1) is 0 Å². The number of nitrogens with zero attached hydrogens (tertiary/aromatic N) is 1. The summed E-state index contributed by atoms with van der Waals surface area (Å²) in [5.41, 5.74) is 5.33. The molecule has 2 heteroatoms. The van der Waals surface area contributed by atoms with Gasteiger partial charge < -0.3 is 5.73 Å². The average molecular weight is 194 g/mol. The standard InChI is InChI=1S/C7H9N.C3H8.C2H5N/c1-3-5-7(4-2)6-8;1-3-2;1-2-3/h3-5H,1-2H3;3H2,1-2H3;2H,1,3H2/b5-3-,7-4+;;. The van der Waals surface area contributed by atoms with Crippen LogP contribution in [0.15, 0.2) is 36.6 Å². The maximum absolute atomic E-state index is 8.29. The Hall–Kier alpha value is -1.49. The third-order valence-electron chi connectivity index (χ3n) is 0.786. The summed E-state index contributed by atoms with van der Waals surface area (Å²) in [5.74, 6) is 0. The normalized spacial score (nSPS) is 8.93. The third kappa shape index (κ3) is 31.3. The molecule has 0 aliphatic carbocycles. The van der Waals surface area contributed by atoms with Crippen LogP contribution in [0.3, 0.4) is 0 Å². The Morgan fingerprint density at radius 3 is 1.86 bits per heavy atom. The minimum absolute atomic E-state index is 0.715. The monoisotopic (exact) mass is 194 g/mol. The molecule has 0 unspecified atom stereocenters. The second-order valence-corrected chi connectivity index (χ2v) is 2.30. The lowest BCUT2D eigenvalue weighted by Gasteiger charge is -1.78. The average Bonchev–Trinajstić information content (AvgIpc) is 2.17. The maximum atomic E-state index is 8.29. The van der Waals surface area contributed by atoms with E-state index in [0.717, 1.165) is 0 Å². The summed E-state index contributed by atoms with van der Waals surface area (Å²) in [5, 5.41) is 8.29. The van der Waals surface area contributed by atoms with Crippen molar-refractivity contribution in [3.63, 3.8) is 0 Å². The molecule has 0 spiro atoms. The van der Waals surface area contributed by atoms with Crippen molar-refractivity contribution in [1.29, 1.82) is 5.26 Å². The number of hydrogen-bond donors (Lipinski definition) is 1. The molecule has 0 amide bonds. The SMILES string of the molecule is C/C=C\C(C#N)=C/C.C=CN.CCC. The highest BCUT2D eigenvalue weighted by Gasteiger charge is 1.78. The van der Waals surface area contributed by atoms with Crippen LogP contribution in [-0.2, 0) is 0 Å². The first-order valence-electron chi connectivity index (χ1n) is 4.69. The maximum Gasteiger partial charge on any atom is 0.0987 e. The lowest BCUT2D eigenvalue weighted by molar-refractivity contribution is 1.09. The molecule has 0 radical (unpaired) electrons. The van der Waals surface area contributed by atoms with E-state index in [1.807, 2.05) is 26.0 Å². The number of rotatable bonds is 1. The summed E-state index contributed by atoms with van der Waals surface area (Å²) >= 11 is 0. The van der Waals surface area contributed by atoms with E-state index in [-0.39, 0.29) is 0 Å². The van der Waals surface area contributed by atoms with Gasteiger partial charge in [0.1, 0.15) is 0 Å². The van der Waals surface area contributed by atoms with Gasteiger partial charge in [0.25, 0.3) is 0 Å². The highest BCUT2D eigenvalue weighted by atomic mass is 14.5. The summed E-state index contributed by atoms with van der Waals surface area (Å²) in [6, 6.07) is 2.03. The molecule has 0 aromatic carbocycles. The van der Waals surface area contributed by atoms with Gasteiger partial charge in [-0.25, -0.2) is 0 Å². The van der Waals surface area contributed by atoms with Crippen molar-refractivity contribution in [3.8, 4) is 6.07 Å². The van der Waals surface area contributed by atoms with E-state index >= 15 is 0 Å². The quantitative estimate of drug-likeness (QED) is 0.512. The smallest absolute Gasteiger partial charge is 0.0987 e. The molecule has 0 rings (SSSR count). The third-order valence-corrected chi connectivity index (χ3v) is 0.786. The van der Waals surface area contributed by atoms with Crippen molar-refractivity contribution in [2.45, 2.75) is 34.1 Å². The van der Waals surface area contributed by atoms with Gasteiger partial charge >= 0.3 is 0 Å². The van der Waals surface area contributed by atoms with Crippen LogP contribution >= 0.6 is 0 Å². The Morgan fingerprint density at radius 1 is 1.43 bits per heavy atom. The second-order valence-electron chi connectivity index (χ2n) is 2.30. The molecular weight excluding hydrogens is 172 g/mol. The molecule has 0 fully saturated rings. The largest absolute Gasteiger partial charge is 0.405 e. The van der Waals surface area contributed by atoms with E-state index in [1.165, 1.54) is 12.6 Å². The highest BCUT2D eigenvalue weighted by Crippen LogP contribution is 1.91. The van der Waals surface area contributed by atoms with Crippen molar-refractivity contribution < 1.29 is 0 Å². The molecule has 0 aliphatic rings. The summed E-state index contributed by atoms with van der Waals surface area (Å²) in [6.07, 6.45) is 7.90. The lowest BCUT2D eigenvalue weighted by atomic mass is 10.3. The van der Waals surface area contributed by atoms with Crippen molar-refractivity contribution in [2.75, 3.05) is 0 Å². The molecular formula is C12H22N2. The van der Waals surface area contributed by atoms with E-state index in [2.05, 4.69) is 26.2 Å². The van der Waals surface area contributed by atoms with Crippen LogP contribution in [0.4, 0.5) is 0 Å². The molecule has 2 N–H and O–H groups in total. The van der Waals surface area contributed by atoms with Crippen LogP contribution in [0.2, 0.25) is 0 Å². The molecule has 0 aromatic rings. The van der Waals surface area contributed by atoms with Crippen LogP contribution in [0, 0.1) is 11.3 Å². The zero-order valence-electron chi connectivity index (χ0n) is 9.75. The predicted molar refractivity (Wildman–Crippen MR) is 64.5 cm³/mol. The summed E-state index contributed by atoms with van der Waals surface area (Å²) < 4.78 is 0. The van der Waals surface area contributed by atoms with Crippen LogP contribution in [0.1, 0.15) is 34.1 Å². The molecule has 0 aromatic heterocycles. The van der Waals surface area contributed by atoms with Crippen molar-refractivity contribution in [1.82, 2.24) is 0 Å². The van der Waals surface area contributed by atoms with Crippen LogP contribution in [0.5, 0.6) is 0 Å². The van der Waals surface area contributed by atoms with Crippen LogP contribution in [0.25, 0.3) is 0 Å². The molecule has 14 heavy (non-hydrogen) atoms. The van der Waals surface area contributed by atoms with Crippen molar-refractivity contribution in [2.24, 2.45) is 5.73 Å². The minimum atomic E-state index is 0.715. The Labute approximate surface area is 88.4 Å². The Balaban J connectivity index is -0.000000168. The van der Waals surface area contributed by atoms with Gasteiger partial charge in [0.2, 0.25) is 0 Å². The van der Waals surface area contributed by atoms with E-state index in [9.17, 15) is 0 Å². The first kappa shape index (κ1) is 18.3. The van der Waals surface area contributed by atoms with E-state index in [1.54, 1.807) is 12.2 Å². The second kappa shape index (κ2) is 22.5. The number of hydrogen-bond acceptors (Lipinski definition) is 2. The predicted octanol–water partition coefficient (Wildman–Crippen LogP) is 3.54. The summed E-state index contributed by atoms with van der Waals surface area (Å²) in [7, 11) is 0. The Bertz CT molecular complexity index is 195. The fourth-order valence-corrected chi connectivity index (χ4v) is 0.378. The summed E-state index contributed by atoms with van der Waals surface area (Å²) in [4.78, 5) is 0.